The Balaban J connectivity index is 1.98. The molecule has 0 bridgehead atoms. The summed E-state index contributed by atoms with van der Waals surface area (Å²) in [6.45, 7) is 4.26. The van der Waals surface area contributed by atoms with E-state index < -0.39 is 0 Å². The van der Waals surface area contributed by atoms with Gasteiger partial charge in [0, 0.05) is 0 Å². The third-order valence-corrected chi connectivity index (χ3v) is 3.07. The quantitative estimate of drug-likeness (QED) is 0.749. The Morgan fingerprint density at radius 2 is 2.16 bits per heavy atom. The molecule has 0 amide bonds. The lowest BCUT2D eigenvalue weighted by Gasteiger charge is -2.14. The lowest BCUT2D eigenvalue weighted by Crippen LogP contribution is -2.13. The summed E-state index contributed by atoms with van der Waals surface area (Å²) in [4.78, 5) is 8.20. The Hall–Kier alpha value is -1.85. The van der Waals surface area contributed by atoms with Gasteiger partial charge in [0.05, 0.1) is 12.3 Å². The van der Waals surface area contributed by atoms with Crippen LogP contribution >= 0.6 is 0 Å². The number of aromatic amines is 1. The molecule has 0 aromatic carbocycles. The maximum absolute atomic E-state index is 5.86. The molecular formula is C13H21N5O. The number of aromatic nitrogens is 4. The SMILES string of the molecule is CCCCCCC(C)Oc1nc(N)nc2[nH]ncc12. The normalized spacial score (nSPS) is 12.7. The number of rotatable bonds is 7. The summed E-state index contributed by atoms with van der Waals surface area (Å²) in [5.74, 6) is 0.712. The van der Waals surface area contributed by atoms with Crippen LogP contribution in [0.3, 0.4) is 0 Å². The highest BCUT2D eigenvalue weighted by Crippen LogP contribution is 2.23. The first-order chi connectivity index (χ1) is 9.20. The summed E-state index contributed by atoms with van der Waals surface area (Å²) in [6, 6.07) is 0. The largest absolute Gasteiger partial charge is 0.474 e. The molecule has 1 atom stereocenters. The minimum atomic E-state index is 0.115. The molecule has 0 fully saturated rings. The van der Waals surface area contributed by atoms with Crippen LogP contribution in [-0.4, -0.2) is 26.3 Å². The van der Waals surface area contributed by atoms with Gasteiger partial charge in [0.15, 0.2) is 5.65 Å². The molecule has 0 aliphatic heterocycles. The lowest BCUT2D eigenvalue weighted by molar-refractivity contribution is 0.201. The molecule has 1 unspecified atom stereocenters. The maximum Gasteiger partial charge on any atom is 0.229 e. The van der Waals surface area contributed by atoms with Gasteiger partial charge in [-0.25, -0.2) is 0 Å². The molecule has 2 aromatic rings. The number of nitrogens with zero attached hydrogens (tertiary/aromatic N) is 3. The van der Waals surface area contributed by atoms with Crippen LogP contribution in [0.4, 0.5) is 5.95 Å². The first-order valence-corrected chi connectivity index (χ1v) is 6.84. The fourth-order valence-electron chi connectivity index (χ4n) is 2.02. The molecule has 2 rings (SSSR count). The van der Waals surface area contributed by atoms with Crippen LogP contribution in [0, 0.1) is 0 Å². The Morgan fingerprint density at radius 3 is 2.95 bits per heavy atom. The van der Waals surface area contributed by atoms with Crippen molar-refractivity contribution in [2.45, 2.75) is 52.1 Å². The van der Waals surface area contributed by atoms with Gasteiger partial charge in [-0.15, -0.1) is 0 Å². The van der Waals surface area contributed by atoms with Crippen LogP contribution in [-0.2, 0) is 0 Å². The van der Waals surface area contributed by atoms with Gasteiger partial charge in [0.25, 0.3) is 0 Å². The number of hydrogen-bond acceptors (Lipinski definition) is 5. The summed E-state index contributed by atoms with van der Waals surface area (Å²) in [5, 5.41) is 7.48. The predicted octanol–water partition coefficient (Wildman–Crippen LogP) is 2.67. The van der Waals surface area contributed by atoms with Crippen molar-refractivity contribution in [3.8, 4) is 5.88 Å². The third-order valence-electron chi connectivity index (χ3n) is 3.07. The number of ether oxygens (including phenoxy) is 1. The standard InChI is InChI=1S/C13H21N5O/c1-3-4-5-6-7-9(2)19-12-10-8-15-18-11(10)16-13(14)17-12/h8-9H,3-7H2,1-2H3,(H3,14,15,16,17,18). The van der Waals surface area contributed by atoms with Gasteiger partial charge in [0.2, 0.25) is 11.8 Å². The number of H-pyrrole nitrogens is 1. The van der Waals surface area contributed by atoms with Gasteiger partial charge in [-0.3, -0.25) is 5.10 Å². The first kappa shape index (κ1) is 13.6. The van der Waals surface area contributed by atoms with E-state index in [1.807, 2.05) is 0 Å². The molecule has 0 spiro atoms. The van der Waals surface area contributed by atoms with Gasteiger partial charge < -0.3 is 10.5 Å². The molecule has 0 aliphatic carbocycles. The Bertz CT molecular complexity index is 525. The fraction of sp³-hybridized carbons (Fsp3) is 0.615. The second-order valence-corrected chi connectivity index (χ2v) is 4.80. The van der Waals surface area contributed by atoms with Crippen molar-refractivity contribution in [3.05, 3.63) is 6.20 Å². The summed E-state index contributed by atoms with van der Waals surface area (Å²) in [6.07, 6.45) is 7.73. The average Bonchev–Trinajstić information content (AvgIpc) is 2.82. The first-order valence-electron chi connectivity index (χ1n) is 6.84. The summed E-state index contributed by atoms with van der Waals surface area (Å²) in [5.41, 5.74) is 6.26. The van der Waals surface area contributed by atoms with Gasteiger partial charge in [-0.1, -0.05) is 26.2 Å². The number of nitrogens with one attached hydrogen (secondary N) is 1. The lowest BCUT2D eigenvalue weighted by atomic mass is 10.1. The van der Waals surface area contributed by atoms with Crippen LogP contribution in [0.1, 0.15) is 46.0 Å². The summed E-state index contributed by atoms with van der Waals surface area (Å²) < 4.78 is 5.86. The zero-order chi connectivity index (χ0) is 13.7. The van der Waals surface area contributed by atoms with Crippen molar-refractivity contribution in [2.24, 2.45) is 0 Å². The van der Waals surface area contributed by atoms with Crippen LogP contribution in [0.15, 0.2) is 6.20 Å². The highest BCUT2D eigenvalue weighted by molar-refractivity contribution is 5.80. The highest BCUT2D eigenvalue weighted by atomic mass is 16.5. The number of fused-ring (bicyclic) bond motifs is 1. The van der Waals surface area contributed by atoms with E-state index in [9.17, 15) is 0 Å². The Labute approximate surface area is 112 Å². The molecule has 0 aliphatic rings. The molecule has 0 saturated heterocycles. The van der Waals surface area contributed by atoms with Gasteiger partial charge in [-0.2, -0.15) is 15.1 Å². The molecule has 104 valence electrons. The number of hydrogen-bond donors (Lipinski definition) is 2. The van der Waals surface area contributed by atoms with Crippen LogP contribution < -0.4 is 10.5 Å². The second-order valence-electron chi connectivity index (χ2n) is 4.80. The Kier molecular flexibility index (Phi) is 4.54. The van der Waals surface area contributed by atoms with Crippen molar-refractivity contribution in [1.82, 2.24) is 20.2 Å². The fourth-order valence-corrected chi connectivity index (χ4v) is 2.02. The third kappa shape index (κ3) is 3.56. The molecule has 19 heavy (non-hydrogen) atoms. The number of anilines is 1. The van der Waals surface area contributed by atoms with E-state index in [-0.39, 0.29) is 12.1 Å². The predicted molar refractivity (Wildman–Crippen MR) is 74.9 cm³/mol. The van der Waals surface area contributed by atoms with Crippen molar-refractivity contribution in [3.63, 3.8) is 0 Å². The van der Waals surface area contributed by atoms with E-state index in [4.69, 9.17) is 10.5 Å². The summed E-state index contributed by atoms with van der Waals surface area (Å²) >= 11 is 0. The number of nitrogens with two attached hydrogens (primary N) is 1. The molecule has 0 radical (unpaired) electrons. The van der Waals surface area contributed by atoms with Gasteiger partial charge in [-0.05, 0) is 19.8 Å². The molecule has 6 heteroatoms. The Morgan fingerprint density at radius 1 is 1.32 bits per heavy atom. The van der Waals surface area contributed by atoms with E-state index in [0.717, 1.165) is 11.8 Å². The van der Waals surface area contributed by atoms with Crippen molar-refractivity contribution in [1.29, 1.82) is 0 Å². The zero-order valence-corrected chi connectivity index (χ0v) is 11.5. The van der Waals surface area contributed by atoms with Gasteiger partial charge in [0.1, 0.15) is 5.39 Å². The van der Waals surface area contributed by atoms with Crippen molar-refractivity contribution < 1.29 is 4.74 Å². The minimum absolute atomic E-state index is 0.115. The van der Waals surface area contributed by atoms with E-state index in [2.05, 4.69) is 34.0 Å². The minimum Gasteiger partial charge on any atom is -0.474 e. The van der Waals surface area contributed by atoms with Crippen LogP contribution in [0.2, 0.25) is 0 Å². The smallest absolute Gasteiger partial charge is 0.229 e. The van der Waals surface area contributed by atoms with E-state index in [1.165, 1.54) is 25.7 Å². The van der Waals surface area contributed by atoms with Crippen molar-refractivity contribution >= 4 is 17.0 Å². The average molecular weight is 263 g/mol. The molecule has 2 aromatic heterocycles. The zero-order valence-electron chi connectivity index (χ0n) is 11.5. The number of nitrogen functional groups attached to an aromatic ring is 1. The summed E-state index contributed by atoms with van der Waals surface area (Å²) in [7, 11) is 0. The molecule has 3 N–H and O–H groups in total. The van der Waals surface area contributed by atoms with Crippen LogP contribution in [0.25, 0.3) is 11.0 Å². The number of unbranched alkanes of at least 4 members (excludes halogenated alkanes) is 3. The van der Waals surface area contributed by atoms with Gasteiger partial charge >= 0.3 is 0 Å². The molecule has 6 nitrogen and oxygen atoms in total. The molecule has 0 saturated carbocycles. The second kappa shape index (κ2) is 6.36. The topological polar surface area (TPSA) is 89.7 Å². The highest BCUT2D eigenvalue weighted by Gasteiger charge is 2.12. The molecule has 2 heterocycles. The van der Waals surface area contributed by atoms with E-state index >= 15 is 0 Å². The monoisotopic (exact) mass is 263 g/mol. The van der Waals surface area contributed by atoms with Crippen molar-refractivity contribution in [2.75, 3.05) is 5.73 Å². The maximum atomic E-state index is 5.86. The van der Waals surface area contributed by atoms with Crippen LogP contribution in [0.5, 0.6) is 5.88 Å². The van der Waals surface area contributed by atoms with E-state index in [0.29, 0.717) is 11.5 Å². The molecular weight excluding hydrogens is 242 g/mol. The van der Waals surface area contributed by atoms with E-state index in [1.54, 1.807) is 6.20 Å².